The summed E-state index contributed by atoms with van der Waals surface area (Å²) in [6, 6.07) is 16.4. The van der Waals surface area contributed by atoms with E-state index in [0.717, 1.165) is 10.4 Å². The lowest BCUT2D eigenvalue weighted by Gasteiger charge is -2.14. The third-order valence-corrected chi connectivity index (χ3v) is 4.33. The van der Waals surface area contributed by atoms with E-state index in [1.54, 1.807) is 38.4 Å². The van der Waals surface area contributed by atoms with Crippen LogP contribution in [0.3, 0.4) is 0 Å². The van der Waals surface area contributed by atoms with Crippen molar-refractivity contribution in [1.29, 1.82) is 5.26 Å². The van der Waals surface area contributed by atoms with Crippen LogP contribution in [0.15, 0.2) is 54.3 Å². The Morgan fingerprint density at radius 3 is 2.62 bits per heavy atom. The van der Waals surface area contributed by atoms with Crippen molar-refractivity contribution in [1.82, 2.24) is 9.97 Å². The van der Waals surface area contributed by atoms with E-state index in [4.69, 9.17) is 4.74 Å². The lowest BCUT2D eigenvalue weighted by Crippen LogP contribution is -3.10. The molecule has 8 nitrogen and oxygen atoms in total. The number of nitriles is 1. The molecule has 0 aliphatic heterocycles. The number of aromatic amines is 1. The second-order valence-corrected chi connectivity index (χ2v) is 6.62. The quantitative estimate of drug-likeness (QED) is 0.359. The predicted molar refractivity (Wildman–Crippen MR) is 109 cm³/mol. The van der Waals surface area contributed by atoms with Crippen molar-refractivity contribution in [3.63, 3.8) is 0 Å². The van der Waals surface area contributed by atoms with E-state index in [0.29, 0.717) is 22.8 Å². The first kappa shape index (κ1) is 19.9. The van der Waals surface area contributed by atoms with Gasteiger partial charge in [-0.1, -0.05) is 12.1 Å². The van der Waals surface area contributed by atoms with Gasteiger partial charge in [0.2, 0.25) is 0 Å². The van der Waals surface area contributed by atoms with Crippen molar-refractivity contribution in [3.05, 3.63) is 60.1 Å². The van der Waals surface area contributed by atoms with E-state index in [1.807, 2.05) is 30.3 Å². The number of para-hydroxylation sites is 2. The first-order chi connectivity index (χ1) is 14.0. The zero-order valence-corrected chi connectivity index (χ0v) is 16.2. The van der Waals surface area contributed by atoms with Gasteiger partial charge in [-0.25, -0.2) is 4.98 Å². The van der Waals surface area contributed by atoms with E-state index in [1.165, 1.54) is 0 Å². The van der Waals surface area contributed by atoms with Crippen LogP contribution in [0.2, 0.25) is 0 Å². The maximum Gasteiger partial charge on any atom is 0.279 e. The van der Waals surface area contributed by atoms with Gasteiger partial charge in [0.25, 0.3) is 5.91 Å². The predicted octanol–water partition coefficient (Wildman–Crippen LogP) is 1.52. The van der Waals surface area contributed by atoms with Gasteiger partial charge in [-0.2, -0.15) is 5.26 Å². The fourth-order valence-corrected chi connectivity index (χ4v) is 2.92. The van der Waals surface area contributed by atoms with Crippen LogP contribution in [0.5, 0.6) is 5.75 Å². The van der Waals surface area contributed by atoms with Crippen LogP contribution >= 0.6 is 0 Å². The standard InChI is InChI=1S/C21H21N5O3/c1-26(13-20(28)23-14-7-9-15(29-2)10-8-14)12-19(27)16(11-22)21-24-17-5-3-4-6-18(17)25-21/h3-10,27H,12-13H2,1-2H3,(H,23,28)(H,24,25)/p+1/b19-16-. The van der Waals surface area contributed by atoms with Crippen LogP contribution in [0.1, 0.15) is 5.82 Å². The molecule has 0 saturated carbocycles. The smallest absolute Gasteiger partial charge is 0.279 e. The number of anilines is 1. The van der Waals surface area contributed by atoms with E-state index in [-0.39, 0.29) is 30.3 Å². The number of likely N-dealkylation sites (N-methyl/N-ethyl adjacent to an activating group) is 1. The number of quaternary nitrogens is 1. The van der Waals surface area contributed by atoms with E-state index in [2.05, 4.69) is 15.3 Å². The molecular weight excluding hydrogens is 370 g/mol. The summed E-state index contributed by atoms with van der Waals surface area (Å²) < 4.78 is 5.09. The van der Waals surface area contributed by atoms with Crippen LogP contribution in [0, 0.1) is 11.3 Å². The Hall–Kier alpha value is -3.83. The van der Waals surface area contributed by atoms with Crippen LogP contribution in [-0.2, 0) is 4.79 Å². The first-order valence-corrected chi connectivity index (χ1v) is 9.02. The molecule has 29 heavy (non-hydrogen) atoms. The highest BCUT2D eigenvalue weighted by Gasteiger charge is 2.18. The summed E-state index contributed by atoms with van der Waals surface area (Å²) in [5, 5.41) is 22.7. The third-order valence-electron chi connectivity index (χ3n) is 4.33. The monoisotopic (exact) mass is 392 g/mol. The number of imidazole rings is 1. The molecule has 0 radical (unpaired) electrons. The Bertz CT molecular complexity index is 1050. The molecule has 1 unspecified atom stereocenters. The molecule has 0 fully saturated rings. The minimum absolute atomic E-state index is 0.0658. The number of aliphatic hydroxyl groups excluding tert-OH is 1. The molecule has 148 valence electrons. The molecule has 8 heteroatoms. The molecule has 0 bridgehead atoms. The summed E-state index contributed by atoms with van der Waals surface area (Å²) in [4.78, 5) is 20.3. The topological polar surface area (TPSA) is 115 Å². The number of amides is 1. The Kier molecular flexibility index (Phi) is 6.12. The summed E-state index contributed by atoms with van der Waals surface area (Å²) >= 11 is 0. The number of benzene rings is 2. The van der Waals surface area contributed by atoms with E-state index < -0.39 is 0 Å². The molecule has 4 N–H and O–H groups in total. The number of nitrogens with zero attached hydrogens (tertiary/aromatic N) is 2. The maximum atomic E-state index is 12.2. The van der Waals surface area contributed by atoms with Gasteiger partial charge < -0.3 is 25.0 Å². The summed E-state index contributed by atoms with van der Waals surface area (Å²) in [7, 11) is 3.34. The lowest BCUT2D eigenvalue weighted by atomic mass is 10.2. The number of hydrogen-bond donors (Lipinski definition) is 4. The second-order valence-electron chi connectivity index (χ2n) is 6.62. The number of allylic oxidation sites excluding steroid dienone is 1. The Morgan fingerprint density at radius 2 is 1.97 bits per heavy atom. The number of rotatable bonds is 7. The van der Waals surface area contributed by atoms with Crippen molar-refractivity contribution in [2.24, 2.45) is 0 Å². The van der Waals surface area contributed by atoms with E-state index in [9.17, 15) is 15.2 Å². The number of hydrogen-bond acceptors (Lipinski definition) is 5. The highest BCUT2D eigenvalue weighted by atomic mass is 16.5. The van der Waals surface area contributed by atoms with Crippen molar-refractivity contribution in [2.75, 3.05) is 32.6 Å². The van der Waals surface area contributed by atoms with Gasteiger partial charge in [0.05, 0.1) is 25.2 Å². The summed E-state index contributed by atoms with van der Waals surface area (Å²) in [6.07, 6.45) is 0. The van der Waals surface area contributed by atoms with Gasteiger partial charge >= 0.3 is 0 Å². The zero-order valence-electron chi connectivity index (χ0n) is 16.2. The average Bonchev–Trinajstić information content (AvgIpc) is 3.12. The van der Waals surface area contributed by atoms with Crippen molar-refractivity contribution < 1.29 is 19.5 Å². The van der Waals surface area contributed by atoms with Gasteiger partial charge in [0.1, 0.15) is 23.9 Å². The number of carbonyl (C=O) groups is 1. The van der Waals surface area contributed by atoms with Gasteiger partial charge in [-0.15, -0.1) is 0 Å². The zero-order chi connectivity index (χ0) is 20.8. The molecule has 0 saturated heterocycles. The molecule has 3 aromatic rings. The summed E-state index contributed by atoms with van der Waals surface area (Å²) in [5.41, 5.74) is 2.21. The number of carbonyl (C=O) groups excluding carboxylic acids is 1. The molecular formula is C21H22N5O3+. The Balaban J connectivity index is 1.65. The molecule has 0 aliphatic carbocycles. The van der Waals surface area contributed by atoms with Gasteiger partial charge in [-0.3, -0.25) is 4.79 Å². The number of aliphatic hydroxyl groups is 1. The number of H-pyrrole nitrogens is 1. The minimum Gasteiger partial charge on any atom is -0.506 e. The van der Waals surface area contributed by atoms with Gasteiger partial charge in [0, 0.05) is 5.69 Å². The molecule has 1 amide bonds. The van der Waals surface area contributed by atoms with Crippen molar-refractivity contribution >= 4 is 28.2 Å². The van der Waals surface area contributed by atoms with Crippen molar-refractivity contribution in [2.45, 2.75) is 0 Å². The average molecular weight is 392 g/mol. The molecule has 1 atom stereocenters. The van der Waals surface area contributed by atoms with Crippen LogP contribution < -0.4 is 15.0 Å². The molecule has 3 rings (SSSR count). The van der Waals surface area contributed by atoms with Gasteiger partial charge in [0.15, 0.2) is 18.1 Å². The number of methoxy groups -OCH3 is 1. The van der Waals surface area contributed by atoms with Crippen LogP contribution in [0.4, 0.5) is 5.69 Å². The molecule has 1 heterocycles. The third kappa shape index (κ3) is 4.91. The normalized spacial score (nSPS) is 12.7. The molecule has 0 spiro atoms. The number of fused-ring (bicyclic) bond motifs is 1. The second kappa shape index (κ2) is 8.91. The highest BCUT2D eigenvalue weighted by Crippen LogP contribution is 2.18. The van der Waals surface area contributed by atoms with Crippen LogP contribution in [-0.4, -0.2) is 48.2 Å². The summed E-state index contributed by atoms with van der Waals surface area (Å²) in [5.74, 6) is 0.682. The first-order valence-electron chi connectivity index (χ1n) is 9.02. The Morgan fingerprint density at radius 1 is 1.24 bits per heavy atom. The van der Waals surface area contributed by atoms with Crippen LogP contribution in [0.25, 0.3) is 16.6 Å². The fourth-order valence-electron chi connectivity index (χ4n) is 2.92. The number of ether oxygens (including phenoxy) is 1. The maximum absolute atomic E-state index is 12.2. The van der Waals surface area contributed by atoms with Gasteiger partial charge in [-0.05, 0) is 36.4 Å². The highest BCUT2D eigenvalue weighted by molar-refractivity contribution is 5.91. The molecule has 1 aromatic heterocycles. The molecule has 0 aliphatic rings. The van der Waals surface area contributed by atoms with Crippen molar-refractivity contribution in [3.8, 4) is 11.8 Å². The summed E-state index contributed by atoms with van der Waals surface area (Å²) in [6.45, 7) is 0.227. The SMILES string of the molecule is COc1ccc(NC(=O)C[NH+](C)C/C(O)=C(\C#N)c2nc3ccccc3[nH]2)cc1. The Labute approximate surface area is 168 Å². The number of nitrogens with one attached hydrogen (secondary N) is 3. The van der Waals surface area contributed by atoms with E-state index >= 15 is 0 Å². The fraction of sp³-hybridized carbons (Fsp3) is 0.190. The largest absolute Gasteiger partial charge is 0.506 e. The molecule has 2 aromatic carbocycles. The lowest BCUT2D eigenvalue weighted by molar-refractivity contribution is -0.867. The minimum atomic E-state index is -0.206. The number of aromatic nitrogens is 2.